The maximum absolute atomic E-state index is 13.6. The van der Waals surface area contributed by atoms with Gasteiger partial charge >= 0.3 is 0 Å². The van der Waals surface area contributed by atoms with Gasteiger partial charge in [0.15, 0.2) is 12.2 Å². The first-order chi connectivity index (χ1) is 16.6. The second kappa shape index (κ2) is 9.23. The summed E-state index contributed by atoms with van der Waals surface area (Å²) in [5.41, 5.74) is 5.22. The Hall–Kier alpha value is -3.77. The molecule has 5 aromatic rings. The molecule has 0 saturated heterocycles. The van der Waals surface area contributed by atoms with Crippen molar-refractivity contribution in [1.82, 2.24) is 14.8 Å². The monoisotopic (exact) mass is 511 g/mol. The number of fused-ring (bicyclic) bond motifs is 1. The standard InChI is InChI=1S/C28H22BrN3O2/c1-3-8-22-18(4-2)9-7-12-25(22)32-28(33)24-11-6-5-10-23(24)27(31-32)20-13-19(14-21(29)15-20)26-16-30-17-34-26/h3,5-17H,4H2,1-2H3/b8-3-. The Bertz CT molecular complexity index is 1580. The summed E-state index contributed by atoms with van der Waals surface area (Å²) in [5, 5.41) is 6.33. The lowest BCUT2D eigenvalue weighted by Crippen LogP contribution is -2.23. The van der Waals surface area contributed by atoms with Crippen molar-refractivity contribution in [1.29, 1.82) is 0 Å². The van der Waals surface area contributed by atoms with Crippen molar-refractivity contribution in [3.05, 3.63) is 105 Å². The minimum atomic E-state index is -0.149. The van der Waals surface area contributed by atoms with Crippen molar-refractivity contribution in [2.45, 2.75) is 20.3 Å². The van der Waals surface area contributed by atoms with Gasteiger partial charge in [-0.2, -0.15) is 9.78 Å². The molecule has 0 spiro atoms. The number of allylic oxidation sites excluding steroid dienone is 1. The lowest BCUT2D eigenvalue weighted by molar-refractivity contribution is 0.572. The molecule has 0 amide bonds. The van der Waals surface area contributed by atoms with Crippen molar-refractivity contribution in [3.63, 3.8) is 0 Å². The highest BCUT2D eigenvalue weighted by Gasteiger charge is 2.17. The van der Waals surface area contributed by atoms with Gasteiger partial charge in [-0.25, -0.2) is 4.98 Å². The molecule has 5 rings (SSSR count). The minimum Gasteiger partial charge on any atom is -0.444 e. The third-order valence-electron chi connectivity index (χ3n) is 5.81. The molecule has 0 fully saturated rings. The van der Waals surface area contributed by atoms with E-state index in [1.165, 1.54) is 11.1 Å². The highest BCUT2D eigenvalue weighted by molar-refractivity contribution is 9.10. The first-order valence-electron chi connectivity index (χ1n) is 11.1. The van der Waals surface area contributed by atoms with Crippen LogP contribution in [0.3, 0.4) is 0 Å². The van der Waals surface area contributed by atoms with Crippen molar-refractivity contribution in [2.24, 2.45) is 0 Å². The first-order valence-corrected chi connectivity index (χ1v) is 11.9. The summed E-state index contributed by atoms with van der Waals surface area (Å²) in [4.78, 5) is 17.7. The van der Waals surface area contributed by atoms with Crippen LogP contribution in [0.2, 0.25) is 0 Å². The average Bonchev–Trinajstić information content (AvgIpc) is 3.40. The zero-order valence-electron chi connectivity index (χ0n) is 18.8. The fourth-order valence-corrected chi connectivity index (χ4v) is 4.74. The maximum Gasteiger partial charge on any atom is 0.279 e. The van der Waals surface area contributed by atoms with Gasteiger partial charge in [0.25, 0.3) is 5.56 Å². The molecule has 3 aromatic carbocycles. The Kier molecular flexibility index (Phi) is 5.99. The van der Waals surface area contributed by atoms with Crippen molar-refractivity contribution in [3.8, 4) is 28.3 Å². The van der Waals surface area contributed by atoms with Crippen LogP contribution in [0, 0.1) is 0 Å². The zero-order chi connectivity index (χ0) is 23.7. The molecule has 0 N–H and O–H groups in total. The van der Waals surface area contributed by atoms with Gasteiger partial charge in [-0.1, -0.05) is 65.3 Å². The fraction of sp³-hybridized carbons (Fsp3) is 0.107. The number of halogens is 1. The zero-order valence-corrected chi connectivity index (χ0v) is 20.4. The van der Waals surface area contributed by atoms with Crippen LogP contribution in [0.5, 0.6) is 0 Å². The highest BCUT2D eigenvalue weighted by atomic mass is 79.9. The van der Waals surface area contributed by atoms with Crippen LogP contribution in [0.4, 0.5) is 0 Å². The number of aryl methyl sites for hydroxylation is 1. The van der Waals surface area contributed by atoms with Gasteiger partial charge in [-0.15, -0.1) is 0 Å². The molecular formula is C28H22BrN3O2. The van der Waals surface area contributed by atoms with Crippen LogP contribution in [-0.4, -0.2) is 14.8 Å². The summed E-state index contributed by atoms with van der Waals surface area (Å²) < 4.78 is 7.92. The predicted molar refractivity (Wildman–Crippen MR) is 140 cm³/mol. The summed E-state index contributed by atoms with van der Waals surface area (Å²) in [6.07, 6.45) is 7.97. The van der Waals surface area contributed by atoms with E-state index in [9.17, 15) is 4.79 Å². The van der Waals surface area contributed by atoms with Gasteiger partial charge in [0.2, 0.25) is 0 Å². The third-order valence-corrected chi connectivity index (χ3v) is 6.27. The maximum atomic E-state index is 13.6. The van der Waals surface area contributed by atoms with Gasteiger partial charge in [0, 0.05) is 26.5 Å². The molecule has 0 saturated carbocycles. The Balaban J connectivity index is 1.84. The van der Waals surface area contributed by atoms with Crippen LogP contribution in [0.25, 0.3) is 45.1 Å². The van der Waals surface area contributed by atoms with Gasteiger partial charge in [0.05, 0.1) is 23.0 Å². The summed E-state index contributed by atoms with van der Waals surface area (Å²) in [5.74, 6) is 0.659. The van der Waals surface area contributed by atoms with Gasteiger partial charge in [-0.3, -0.25) is 4.79 Å². The van der Waals surface area contributed by atoms with E-state index in [0.29, 0.717) is 16.8 Å². The Morgan fingerprint density at radius 3 is 2.56 bits per heavy atom. The number of aromatic nitrogens is 3. The van der Waals surface area contributed by atoms with E-state index in [0.717, 1.165) is 44.2 Å². The molecule has 34 heavy (non-hydrogen) atoms. The van der Waals surface area contributed by atoms with Gasteiger partial charge < -0.3 is 4.42 Å². The Morgan fingerprint density at radius 2 is 1.82 bits per heavy atom. The van der Waals surface area contributed by atoms with Crippen molar-refractivity contribution in [2.75, 3.05) is 0 Å². The predicted octanol–water partition coefficient (Wildman–Crippen LogP) is 7.07. The van der Waals surface area contributed by atoms with Crippen molar-refractivity contribution < 1.29 is 4.42 Å². The van der Waals surface area contributed by atoms with Crippen LogP contribution in [-0.2, 0) is 6.42 Å². The number of nitrogens with zero attached hydrogens (tertiary/aromatic N) is 3. The first kappa shape index (κ1) is 22.0. The smallest absolute Gasteiger partial charge is 0.279 e. The molecule has 2 aromatic heterocycles. The van der Waals surface area contributed by atoms with E-state index in [1.807, 2.05) is 73.7 Å². The Labute approximate surface area is 205 Å². The molecule has 0 atom stereocenters. The quantitative estimate of drug-likeness (QED) is 0.253. The lowest BCUT2D eigenvalue weighted by atomic mass is 10.0. The molecule has 0 aliphatic heterocycles. The Morgan fingerprint density at radius 1 is 1.03 bits per heavy atom. The number of oxazole rings is 1. The average molecular weight is 512 g/mol. The summed E-state index contributed by atoms with van der Waals surface area (Å²) >= 11 is 3.62. The van der Waals surface area contributed by atoms with E-state index in [-0.39, 0.29) is 5.56 Å². The molecule has 0 radical (unpaired) electrons. The van der Waals surface area contributed by atoms with Crippen LogP contribution in [0.15, 0.2) is 93.0 Å². The minimum absolute atomic E-state index is 0.149. The van der Waals surface area contributed by atoms with E-state index < -0.39 is 0 Å². The number of hydrogen-bond donors (Lipinski definition) is 0. The van der Waals surface area contributed by atoms with Gasteiger partial charge in [0.1, 0.15) is 0 Å². The van der Waals surface area contributed by atoms with Crippen LogP contribution < -0.4 is 5.56 Å². The number of benzene rings is 3. The van der Waals surface area contributed by atoms with E-state index in [1.54, 1.807) is 6.20 Å². The molecule has 0 bridgehead atoms. The fourth-order valence-electron chi connectivity index (χ4n) is 4.24. The highest BCUT2D eigenvalue weighted by Crippen LogP contribution is 2.33. The number of rotatable bonds is 5. The molecular weight excluding hydrogens is 490 g/mol. The van der Waals surface area contributed by atoms with Gasteiger partial charge in [-0.05, 0) is 49.2 Å². The molecule has 0 aliphatic carbocycles. The molecule has 2 heterocycles. The summed E-state index contributed by atoms with van der Waals surface area (Å²) in [6.45, 7) is 4.09. The lowest BCUT2D eigenvalue weighted by Gasteiger charge is -2.15. The second-order valence-corrected chi connectivity index (χ2v) is 8.82. The number of hydrogen-bond acceptors (Lipinski definition) is 4. The van der Waals surface area contributed by atoms with Crippen LogP contribution in [0.1, 0.15) is 25.0 Å². The van der Waals surface area contributed by atoms with E-state index in [2.05, 4.69) is 33.9 Å². The van der Waals surface area contributed by atoms with E-state index in [4.69, 9.17) is 9.52 Å². The summed E-state index contributed by atoms with van der Waals surface area (Å²) in [7, 11) is 0. The SMILES string of the molecule is C/C=C\c1c(CC)cccc1-n1nc(-c2cc(Br)cc(-c3cnco3)c2)c2ccccc2c1=O. The second-order valence-electron chi connectivity index (χ2n) is 7.91. The molecule has 6 heteroatoms. The normalized spacial score (nSPS) is 11.5. The molecule has 0 unspecified atom stereocenters. The summed E-state index contributed by atoms with van der Waals surface area (Å²) in [6, 6.07) is 19.6. The van der Waals surface area contributed by atoms with Crippen molar-refractivity contribution >= 4 is 32.8 Å². The molecule has 0 aliphatic rings. The molecule has 5 nitrogen and oxygen atoms in total. The third kappa shape index (κ3) is 3.90. The molecule has 168 valence electrons. The van der Waals surface area contributed by atoms with Crippen LogP contribution >= 0.6 is 15.9 Å². The topological polar surface area (TPSA) is 60.9 Å². The van der Waals surface area contributed by atoms with E-state index >= 15 is 0 Å². The largest absolute Gasteiger partial charge is 0.444 e.